The van der Waals surface area contributed by atoms with Crippen molar-refractivity contribution in [3.05, 3.63) is 0 Å². The van der Waals surface area contributed by atoms with Gasteiger partial charge >= 0.3 is 0 Å². The molecule has 3 unspecified atom stereocenters. The van der Waals surface area contributed by atoms with Gasteiger partial charge in [-0.1, -0.05) is 19.3 Å². The minimum Gasteiger partial charge on any atom is -0.300 e. The number of carbonyl (C=O) groups excluding carboxylic acids is 1. The summed E-state index contributed by atoms with van der Waals surface area (Å²) >= 11 is 0. The van der Waals surface area contributed by atoms with E-state index < -0.39 is 0 Å². The largest absolute Gasteiger partial charge is 0.300 e. The molecule has 0 saturated heterocycles. The lowest BCUT2D eigenvalue weighted by atomic mass is 9.84. The fourth-order valence-electron chi connectivity index (χ4n) is 3.79. The van der Waals surface area contributed by atoms with Crippen molar-refractivity contribution < 1.29 is 4.79 Å². The van der Waals surface area contributed by atoms with Crippen LogP contribution in [0.15, 0.2) is 0 Å². The highest BCUT2D eigenvalue weighted by atomic mass is 16.1. The molecule has 2 bridgehead atoms. The smallest absolute Gasteiger partial charge is 0.133 e. The minimum absolute atomic E-state index is 0.569. The van der Waals surface area contributed by atoms with Gasteiger partial charge in [0.25, 0.3) is 0 Å². The SMILES string of the molecule is O=C(CCC1CC1)CC1CC2CCC1C2. The molecule has 0 aromatic heterocycles. The maximum atomic E-state index is 11.8. The molecule has 1 nitrogen and oxygen atoms in total. The highest BCUT2D eigenvalue weighted by Crippen LogP contribution is 2.49. The van der Waals surface area contributed by atoms with Gasteiger partial charge in [-0.2, -0.15) is 0 Å². The molecule has 3 aliphatic rings. The Bertz CT molecular complexity index is 254. The zero-order valence-corrected chi connectivity index (χ0v) is 9.58. The molecular formula is C14H22O. The van der Waals surface area contributed by atoms with Crippen LogP contribution in [0, 0.1) is 23.7 Å². The first kappa shape index (κ1) is 9.86. The average molecular weight is 206 g/mol. The van der Waals surface area contributed by atoms with Crippen molar-refractivity contribution in [3.63, 3.8) is 0 Å². The molecule has 15 heavy (non-hydrogen) atoms. The van der Waals surface area contributed by atoms with Gasteiger partial charge < -0.3 is 0 Å². The summed E-state index contributed by atoms with van der Waals surface area (Å²) in [6.45, 7) is 0. The van der Waals surface area contributed by atoms with Crippen LogP contribution in [-0.4, -0.2) is 5.78 Å². The van der Waals surface area contributed by atoms with Crippen LogP contribution in [0.5, 0.6) is 0 Å². The molecular weight excluding hydrogens is 184 g/mol. The zero-order chi connectivity index (χ0) is 10.3. The maximum Gasteiger partial charge on any atom is 0.133 e. The van der Waals surface area contributed by atoms with Crippen molar-refractivity contribution in [1.82, 2.24) is 0 Å². The van der Waals surface area contributed by atoms with E-state index in [0.717, 1.165) is 36.5 Å². The van der Waals surface area contributed by atoms with E-state index in [0.29, 0.717) is 5.78 Å². The van der Waals surface area contributed by atoms with Crippen molar-refractivity contribution in [1.29, 1.82) is 0 Å². The molecule has 0 aromatic rings. The highest BCUT2D eigenvalue weighted by molar-refractivity contribution is 5.78. The fraction of sp³-hybridized carbons (Fsp3) is 0.929. The summed E-state index contributed by atoms with van der Waals surface area (Å²) in [5.41, 5.74) is 0. The first-order valence-electron chi connectivity index (χ1n) is 6.83. The summed E-state index contributed by atoms with van der Waals surface area (Å²) in [5.74, 6) is 4.21. The first-order valence-corrected chi connectivity index (χ1v) is 6.83. The van der Waals surface area contributed by atoms with Gasteiger partial charge in [-0.25, -0.2) is 0 Å². The van der Waals surface area contributed by atoms with E-state index in [1.165, 1.54) is 44.9 Å². The second kappa shape index (κ2) is 3.92. The van der Waals surface area contributed by atoms with Gasteiger partial charge in [0.1, 0.15) is 5.78 Å². The number of Topliss-reactive ketones (excluding diaryl/α,β-unsaturated/α-hetero) is 1. The van der Waals surface area contributed by atoms with Crippen molar-refractivity contribution in [2.24, 2.45) is 23.7 Å². The summed E-state index contributed by atoms with van der Waals surface area (Å²) in [5, 5.41) is 0. The molecule has 3 aliphatic carbocycles. The molecule has 3 atom stereocenters. The Labute approximate surface area is 92.6 Å². The molecule has 3 fully saturated rings. The van der Waals surface area contributed by atoms with Crippen molar-refractivity contribution >= 4 is 5.78 Å². The molecule has 0 N–H and O–H groups in total. The monoisotopic (exact) mass is 206 g/mol. The predicted molar refractivity (Wildman–Crippen MR) is 60.5 cm³/mol. The number of hydrogen-bond acceptors (Lipinski definition) is 1. The van der Waals surface area contributed by atoms with Crippen LogP contribution in [0.2, 0.25) is 0 Å². The molecule has 0 aromatic carbocycles. The van der Waals surface area contributed by atoms with Crippen molar-refractivity contribution in [2.75, 3.05) is 0 Å². The van der Waals surface area contributed by atoms with E-state index in [-0.39, 0.29) is 0 Å². The fourth-order valence-corrected chi connectivity index (χ4v) is 3.79. The van der Waals surface area contributed by atoms with Crippen molar-refractivity contribution in [2.45, 2.75) is 57.8 Å². The Morgan fingerprint density at radius 1 is 1.07 bits per heavy atom. The van der Waals surface area contributed by atoms with Crippen LogP contribution in [0.1, 0.15) is 57.8 Å². The number of fused-ring (bicyclic) bond motifs is 2. The zero-order valence-electron chi connectivity index (χ0n) is 9.58. The standard InChI is InChI=1S/C14H22O/c15-14(6-4-10-1-2-10)9-13-8-11-3-5-12(13)7-11/h10-13H,1-9H2. The maximum absolute atomic E-state index is 11.8. The van der Waals surface area contributed by atoms with Crippen LogP contribution in [0.4, 0.5) is 0 Å². The third kappa shape index (κ3) is 2.26. The molecule has 0 amide bonds. The number of rotatable bonds is 5. The van der Waals surface area contributed by atoms with Gasteiger partial charge in [0.15, 0.2) is 0 Å². The summed E-state index contributed by atoms with van der Waals surface area (Å²) in [7, 11) is 0. The average Bonchev–Trinajstić information content (AvgIpc) is 2.84. The topological polar surface area (TPSA) is 17.1 Å². The Balaban J connectivity index is 1.42. The molecule has 3 saturated carbocycles. The summed E-state index contributed by atoms with van der Waals surface area (Å²) in [6.07, 6.45) is 11.5. The minimum atomic E-state index is 0.569. The van der Waals surface area contributed by atoms with Crippen LogP contribution >= 0.6 is 0 Å². The predicted octanol–water partition coefficient (Wildman–Crippen LogP) is 3.57. The van der Waals surface area contributed by atoms with Gasteiger partial charge in [0, 0.05) is 12.8 Å². The van der Waals surface area contributed by atoms with Crippen molar-refractivity contribution in [3.8, 4) is 0 Å². The molecule has 84 valence electrons. The van der Waals surface area contributed by atoms with Crippen LogP contribution in [0.25, 0.3) is 0 Å². The van der Waals surface area contributed by atoms with E-state index in [1.807, 2.05) is 0 Å². The van der Waals surface area contributed by atoms with E-state index in [1.54, 1.807) is 0 Å². The lowest BCUT2D eigenvalue weighted by Gasteiger charge is -2.20. The van der Waals surface area contributed by atoms with E-state index >= 15 is 0 Å². The number of carbonyl (C=O) groups is 1. The van der Waals surface area contributed by atoms with Crippen LogP contribution in [0.3, 0.4) is 0 Å². The molecule has 0 radical (unpaired) electrons. The Morgan fingerprint density at radius 3 is 2.53 bits per heavy atom. The van der Waals surface area contributed by atoms with Gasteiger partial charge in [-0.15, -0.1) is 0 Å². The van der Waals surface area contributed by atoms with Crippen LogP contribution < -0.4 is 0 Å². The molecule has 0 spiro atoms. The third-order valence-electron chi connectivity index (χ3n) is 4.90. The Morgan fingerprint density at radius 2 is 1.93 bits per heavy atom. The normalized spacial score (nSPS) is 38.5. The molecule has 3 rings (SSSR count). The highest BCUT2D eigenvalue weighted by Gasteiger charge is 2.39. The quantitative estimate of drug-likeness (QED) is 0.672. The van der Waals surface area contributed by atoms with Crippen LogP contribution in [-0.2, 0) is 4.79 Å². The van der Waals surface area contributed by atoms with E-state index in [4.69, 9.17) is 0 Å². The lowest BCUT2D eigenvalue weighted by Crippen LogP contribution is -2.15. The Hall–Kier alpha value is -0.330. The van der Waals surface area contributed by atoms with Gasteiger partial charge in [0.05, 0.1) is 0 Å². The Kier molecular flexibility index (Phi) is 2.58. The summed E-state index contributed by atoms with van der Waals surface area (Å²) in [6, 6.07) is 0. The third-order valence-corrected chi connectivity index (χ3v) is 4.90. The first-order chi connectivity index (χ1) is 7.31. The molecule has 1 heteroatoms. The summed E-state index contributed by atoms with van der Waals surface area (Å²) in [4.78, 5) is 11.8. The second-order valence-electron chi connectivity index (χ2n) is 6.16. The number of hydrogen-bond donors (Lipinski definition) is 0. The van der Waals surface area contributed by atoms with E-state index in [2.05, 4.69) is 0 Å². The molecule has 0 aliphatic heterocycles. The van der Waals surface area contributed by atoms with Gasteiger partial charge in [-0.3, -0.25) is 4.79 Å². The second-order valence-corrected chi connectivity index (χ2v) is 6.16. The number of ketones is 1. The van der Waals surface area contributed by atoms with Gasteiger partial charge in [-0.05, 0) is 49.4 Å². The van der Waals surface area contributed by atoms with Gasteiger partial charge in [0.2, 0.25) is 0 Å². The molecule has 0 heterocycles. The lowest BCUT2D eigenvalue weighted by molar-refractivity contribution is -0.120. The summed E-state index contributed by atoms with van der Waals surface area (Å²) < 4.78 is 0. The van der Waals surface area contributed by atoms with E-state index in [9.17, 15) is 4.79 Å².